The van der Waals surface area contributed by atoms with Crippen LogP contribution in [0.25, 0.3) is 0 Å². The molecule has 1 heterocycles. The fourth-order valence-corrected chi connectivity index (χ4v) is 1.49. The summed E-state index contributed by atoms with van der Waals surface area (Å²) >= 11 is 0. The number of β-lactam (4-membered cyclic amide) rings is 1. The van der Waals surface area contributed by atoms with Crippen LogP contribution < -0.4 is 0 Å². The Kier molecular flexibility index (Phi) is 1.81. The quantitative estimate of drug-likeness (QED) is 0.394. The molecule has 1 saturated heterocycles. The average Bonchev–Trinajstić information content (AvgIpc) is 1.83. The van der Waals surface area contributed by atoms with Crippen LogP contribution in [0.3, 0.4) is 0 Å². The van der Waals surface area contributed by atoms with Gasteiger partial charge < -0.3 is 4.18 Å². The van der Waals surface area contributed by atoms with Crippen molar-refractivity contribution in [1.29, 1.82) is 0 Å². The molecule has 6 nitrogen and oxygen atoms in total. The lowest BCUT2D eigenvalue weighted by Gasteiger charge is -2.26. The van der Waals surface area contributed by atoms with Gasteiger partial charge in [0.1, 0.15) is 0 Å². The highest BCUT2D eigenvalue weighted by atomic mass is 32.2. The van der Waals surface area contributed by atoms with Crippen LogP contribution in [0.15, 0.2) is 0 Å². The predicted octanol–water partition coefficient (Wildman–Crippen LogP) is -1.36. The molecule has 0 saturated carbocycles. The fourth-order valence-electron chi connectivity index (χ4n) is 0.632. The van der Waals surface area contributed by atoms with Crippen LogP contribution in [-0.4, -0.2) is 31.6 Å². The van der Waals surface area contributed by atoms with Crippen LogP contribution in [0.2, 0.25) is 0 Å². The van der Waals surface area contributed by atoms with Crippen molar-refractivity contribution in [3.63, 3.8) is 0 Å². The molecule has 62 valence electrons. The van der Waals surface area contributed by atoms with Crippen LogP contribution in [0, 0.1) is 0 Å². The maximum atomic E-state index is 10.7. The van der Waals surface area contributed by atoms with Crippen molar-refractivity contribution in [2.24, 2.45) is 0 Å². The third-order valence-corrected chi connectivity index (χ3v) is 2.49. The largest absolute Gasteiger partial charge is 0.414 e. The first-order valence-corrected chi connectivity index (χ1v) is 4.12. The number of carbonyl (C=O) groups is 2. The molecular weight excluding hydrogens is 174 g/mol. The second-order valence-corrected chi connectivity index (χ2v) is 3.35. The van der Waals surface area contributed by atoms with Gasteiger partial charge in [0.25, 0.3) is 0 Å². The molecule has 0 spiro atoms. The summed E-state index contributed by atoms with van der Waals surface area (Å²) in [7, 11) is -4.11. The first-order valence-electron chi connectivity index (χ1n) is 2.75. The van der Waals surface area contributed by atoms with E-state index >= 15 is 0 Å². The zero-order valence-corrected chi connectivity index (χ0v) is 6.20. The highest BCUT2D eigenvalue weighted by molar-refractivity contribution is 7.85. The van der Waals surface area contributed by atoms with Crippen molar-refractivity contribution >= 4 is 22.7 Å². The van der Waals surface area contributed by atoms with E-state index in [0.29, 0.717) is 4.31 Å². The molecular formula is C4H5NO5S. The molecule has 0 N–H and O–H groups in total. The van der Waals surface area contributed by atoms with Gasteiger partial charge in [-0.1, -0.05) is 0 Å². The third-order valence-electron chi connectivity index (χ3n) is 1.24. The summed E-state index contributed by atoms with van der Waals surface area (Å²) in [5, 5.41) is 0. The van der Waals surface area contributed by atoms with E-state index < -0.39 is 16.2 Å². The number of rotatable bonds is 3. The zero-order chi connectivity index (χ0) is 8.48. The number of carbonyl (C=O) groups excluding carboxylic acids is 2. The van der Waals surface area contributed by atoms with E-state index in [1.54, 1.807) is 0 Å². The molecule has 1 aliphatic rings. The monoisotopic (exact) mass is 179 g/mol. The molecule has 0 aliphatic carbocycles. The molecule has 7 heteroatoms. The minimum Gasteiger partial charge on any atom is -0.333 e. The Morgan fingerprint density at radius 3 is 2.45 bits per heavy atom. The van der Waals surface area contributed by atoms with E-state index in [0.717, 1.165) is 0 Å². The van der Waals surface area contributed by atoms with Gasteiger partial charge in [-0.3, -0.25) is 9.59 Å². The van der Waals surface area contributed by atoms with Gasteiger partial charge in [-0.15, -0.1) is 0 Å². The molecule has 11 heavy (non-hydrogen) atoms. The van der Waals surface area contributed by atoms with Gasteiger partial charge in [-0.2, -0.15) is 8.42 Å². The summed E-state index contributed by atoms with van der Waals surface area (Å²) < 4.78 is 25.6. The molecule has 1 aliphatic heterocycles. The van der Waals surface area contributed by atoms with Crippen molar-refractivity contribution in [2.45, 2.75) is 6.42 Å². The van der Waals surface area contributed by atoms with E-state index in [9.17, 15) is 18.0 Å². The van der Waals surface area contributed by atoms with Crippen LogP contribution >= 0.6 is 0 Å². The molecule has 0 radical (unpaired) electrons. The van der Waals surface area contributed by atoms with Gasteiger partial charge in [0.2, 0.25) is 5.91 Å². The first kappa shape index (κ1) is 7.99. The highest BCUT2D eigenvalue weighted by Gasteiger charge is 2.36. The summed E-state index contributed by atoms with van der Waals surface area (Å²) in [4.78, 5) is 20.1. The molecule has 0 aromatic heterocycles. The molecule has 0 aromatic rings. The van der Waals surface area contributed by atoms with Crippen LogP contribution in [-0.2, 0) is 24.1 Å². The van der Waals surface area contributed by atoms with Gasteiger partial charge in [0, 0.05) is 13.0 Å². The SMILES string of the molecule is O=COS(=O)(=O)N1CCC1=O. The first-order chi connectivity index (χ1) is 5.08. The second kappa shape index (κ2) is 2.50. The molecule has 0 atom stereocenters. The molecule has 0 aromatic carbocycles. The second-order valence-electron chi connectivity index (χ2n) is 1.87. The Morgan fingerprint density at radius 2 is 2.18 bits per heavy atom. The Balaban J connectivity index is 2.73. The summed E-state index contributed by atoms with van der Waals surface area (Å²) in [6.07, 6.45) is 0.182. The molecule has 1 fully saturated rings. The van der Waals surface area contributed by atoms with E-state index in [2.05, 4.69) is 4.18 Å². The van der Waals surface area contributed by atoms with Gasteiger partial charge in [0.15, 0.2) is 0 Å². The van der Waals surface area contributed by atoms with Crippen molar-refractivity contribution in [1.82, 2.24) is 4.31 Å². The molecule has 0 unspecified atom stereocenters. The highest BCUT2D eigenvalue weighted by Crippen LogP contribution is 2.14. The van der Waals surface area contributed by atoms with E-state index in [1.165, 1.54) is 0 Å². The van der Waals surface area contributed by atoms with Crippen molar-refractivity contribution in [2.75, 3.05) is 6.54 Å². The molecule has 1 amide bonds. The smallest absolute Gasteiger partial charge is 0.333 e. The van der Waals surface area contributed by atoms with Gasteiger partial charge >= 0.3 is 16.8 Å². The van der Waals surface area contributed by atoms with Gasteiger partial charge in [0.05, 0.1) is 0 Å². The number of hydrogen-bond acceptors (Lipinski definition) is 5. The number of nitrogens with zero attached hydrogens (tertiary/aromatic N) is 1. The number of hydrogen-bond donors (Lipinski definition) is 0. The Bertz CT molecular complexity index is 281. The van der Waals surface area contributed by atoms with Crippen LogP contribution in [0.4, 0.5) is 0 Å². The Hall–Kier alpha value is -1.11. The Labute approximate surface area is 63.0 Å². The van der Waals surface area contributed by atoms with Crippen molar-refractivity contribution < 1.29 is 22.2 Å². The molecule has 0 bridgehead atoms. The maximum absolute atomic E-state index is 10.7. The summed E-state index contributed by atoms with van der Waals surface area (Å²) in [5.41, 5.74) is 0. The number of amides is 1. The van der Waals surface area contributed by atoms with E-state index in [4.69, 9.17) is 0 Å². The average molecular weight is 179 g/mol. The molecule has 1 rings (SSSR count). The van der Waals surface area contributed by atoms with Crippen molar-refractivity contribution in [3.8, 4) is 0 Å². The van der Waals surface area contributed by atoms with Crippen LogP contribution in [0.1, 0.15) is 6.42 Å². The van der Waals surface area contributed by atoms with Gasteiger partial charge in [-0.25, -0.2) is 4.31 Å². The fraction of sp³-hybridized carbons (Fsp3) is 0.500. The van der Waals surface area contributed by atoms with Crippen LogP contribution in [0.5, 0.6) is 0 Å². The summed E-state index contributed by atoms with van der Waals surface area (Å²) in [6, 6.07) is 0. The summed E-state index contributed by atoms with van der Waals surface area (Å²) in [6.45, 7) is -0.129. The Morgan fingerprint density at radius 1 is 1.55 bits per heavy atom. The standard InChI is InChI=1S/C4H5NO5S/c6-3-10-11(8,9)5-2-1-4(5)7/h3H,1-2H2. The third kappa shape index (κ3) is 1.32. The normalized spacial score (nSPS) is 17.5. The van der Waals surface area contributed by atoms with Gasteiger partial charge in [-0.05, 0) is 0 Å². The topological polar surface area (TPSA) is 80.8 Å². The van der Waals surface area contributed by atoms with E-state index in [-0.39, 0.29) is 19.4 Å². The van der Waals surface area contributed by atoms with Crippen molar-refractivity contribution in [3.05, 3.63) is 0 Å². The lowest BCUT2D eigenvalue weighted by atomic mass is 10.3. The summed E-state index contributed by atoms with van der Waals surface area (Å²) in [5.74, 6) is -0.549. The predicted molar refractivity (Wildman–Crippen MR) is 32.4 cm³/mol. The lowest BCUT2D eigenvalue weighted by molar-refractivity contribution is -0.133. The van der Waals surface area contributed by atoms with E-state index in [1.807, 2.05) is 0 Å². The minimum absolute atomic E-state index is 0.0923. The minimum atomic E-state index is -4.11. The lowest BCUT2D eigenvalue weighted by Crippen LogP contribution is -2.47. The maximum Gasteiger partial charge on any atom is 0.414 e. The zero-order valence-electron chi connectivity index (χ0n) is 5.39.